The summed E-state index contributed by atoms with van der Waals surface area (Å²) in [4.78, 5) is 22.8. The van der Waals surface area contributed by atoms with Gasteiger partial charge in [-0.05, 0) is 24.8 Å². The summed E-state index contributed by atoms with van der Waals surface area (Å²) in [5.41, 5.74) is 0.797. The number of rotatable bonds is 9. The summed E-state index contributed by atoms with van der Waals surface area (Å²) in [7, 11) is 1.25. The highest BCUT2D eigenvalue weighted by Crippen LogP contribution is 2.26. The lowest BCUT2D eigenvalue weighted by Gasteiger charge is -2.19. The smallest absolute Gasteiger partial charge is 0.472 e. The van der Waals surface area contributed by atoms with E-state index in [0.717, 1.165) is 12.0 Å². The van der Waals surface area contributed by atoms with E-state index in [1.807, 2.05) is 13.0 Å². The molecular weight excluding hydrogens is 421 g/mol. The maximum Gasteiger partial charge on any atom is 0.508 e. The minimum atomic E-state index is -1.67. The van der Waals surface area contributed by atoms with Gasteiger partial charge in [0.15, 0.2) is 0 Å². The van der Waals surface area contributed by atoms with Gasteiger partial charge in [0, 0.05) is 5.56 Å². The maximum absolute atomic E-state index is 11.9. The second kappa shape index (κ2) is 12.0. The minimum Gasteiger partial charge on any atom is -0.472 e. The number of hydrogen-bond donors (Lipinski definition) is 1. The number of alkyl halides is 3. The van der Waals surface area contributed by atoms with Gasteiger partial charge in [0.05, 0.1) is 25.7 Å². The highest BCUT2D eigenvalue weighted by atomic mass is 35.6. The highest BCUT2D eigenvalue weighted by Gasteiger charge is 2.24. The van der Waals surface area contributed by atoms with Crippen molar-refractivity contribution < 1.29 is 28.2 Å². The van der Waals surface area contributed by atoms with Gasteiger partial charge in [0.25, 0.3) is 0 Å². The molecule has 2 atom stereocenters. The Bertz CT molecular complexity index is 600. The van der Waals surface area contributed by atoms with Gasteiger partial charge >= 0.3 is 12.2 Å². The van der Waals surface area contributed by atoms with Crippen molar-refractivity contribution in [1.29, 1.82) is 0 Å². The fourth-order valence-electron chi connectivity index (χ4n) is 2.12. The van der Waals surface area contributed by atoms with E-state index < -0.39 is 16.0 Å². The van der Waals surface area contributed by atoms with Crippen molar-refractivity contribution in [3.63, 3.8) is 0 Å². The first-order valence-corrected chi connectivity index (χ1v) is 9.24. The molecule has 0 saturated carbocycles. The van der Waals surface area contributed by atoms with Crippen LogP contribution < -0.4 is 5.32 Å². The highest BCUT2D eigenvalue weighted by molar-refractivity contribution is 6.67. The van der Waals surface area contributed by atoms with Gasteiger partial charge in [0.1, 0.15) is 13.2 Å². The maximum atomic E-state index is 11.9. The van der Waals surface area contributed by atoms with E-state index in [1.165, 1.54) is 13.4 Å². The van der Waals surface area contributed by atoms with Crippen LogP contribution in [0.1, 0.15) is 31.4 Å². The molecule has 0 aliphatic rings. The Morgan fingerprint density at radius 2 is 2.04 bits per heavy atom. The van der Waals surface area contributed by atoms with E-state index in [0.29, 0.717) is 6.42 Å². The Morgan fingerprint density at radius 3 is 2.63 bits per heavy atom. The molecule has 1 amide bonds. The molecule has 1 heterocycles. The van der Waals surface area contributed by atoms with E-state index in [4.69, 9.17) is 48.7 Å². The van der Waals surface area contributed by atoms with Gasteiger partial charge in [-0.15, -0.1) is 0 Å². The van der Waals surface area contributed by atoms with Crippen LogP contribution in [-0.2, 0) is 14.2 Å². The number of ether oxygens (including phenoxy) is 3. The lowest BCUT2D eigenvalue weighted by molar-refractivity contribution is 0.0817. The summed E-state index contributed by atoms with van der Waals surface area (Å²) in [6, 6.07) is 1.43. The van der Waals surface area contributed by atoms with Crippen LogP contribution >= 0.6 is 34.8 Å². The number of alkyl carbamates (subject to hydrolysis) is 1. The van der Waals surface area contributed by atoms with Crippen molar-refractivity contribution in [3.05, 3.63) is 36.3 Å². The molecule has 1 aromatic heterocycles. The topological polar surface area (TPSA) is 87.0 Å². The quantitative estimate of drug-likeness (QED) is 0.322. The summed E-state index contributed by atoms with van der Waals surface area (Å²) in [5.74, 6) is 0.180. The van der Waals surface area contributed by atoms with Crippen LogP contribution in [0.5, 0.6) is 0 Å². The lowest BCUT2D eigenvalue weighted by atomic mass is 9.98. The zero-order chi connectivity index (χ0) is 20.3. The average molecular weight is 443 g/mol. The molecule has 1 N–H and O–H groups in total. The second-order valence-electron chi connectivity index (χ2n) is 5.69. The van der Waals surface area contributed by atoms with Crippen molar-refractivity contribution in [2.75, 3.05) is 20.3 Å². The SMILES string of the molecule is COC(=O)OC/C=C/[C@H](C)CC[C@H](NC(=O)OCC(Cl)(Cl)Cl)c1ccoc1. The van der Waals surface area contributed by atoms with Gasteiger partial charge < -0.3 is 23.9 Å². The Hall–Kier alpha value is -1.57. The van der Waals surface area contributed by atoms with Gasteiger partial charge in [-0.2, -0.15) is 0 Å². The molecule has 0 aromatic carbocycles. The molecule has 1 aromatic rings. The number of amides is 1. The standard InChI is InChI=1S/C17H22Cl3NO6/c1-12(4-3-8-26-16(23)24-2)5-6-14(13-7-9-25-10-13)21-15(22)27-11-17(18,19)20/h3-4,7,9-10,12,14H,5-6,8,11H2,1-2H3,(H,21,22)/b4-3+/t12-,14-/m0/s1. The molecule has 27 heavy (non-hydrogen) atoms. The van der Waals surface area contributed by atoms with Crippen molar-refractivity contribution in [1.82, 2.24) is 5.32 Å². The molecule has 0 aliphatic heterocycles. The van der Waals surface area contributed by atoms with E-state index in [9.17, 15) is 9.59 Å². The Morgan fingerprint density at radius 1 is 1.30 bits per heavy atom. The van der Waals surface area contributed by atoms with Crippen LogP contribution in [0.2, 0.25) is 0 Å². The van der Waals surface area contributed by atoms with Crippen LogP contribution in [-0.4, -0.2) is 36.4 Å². The monoisotopic (exact) mass is 441 g/mol. The van der Waals surface area contributed by atoms with Crippen LogP contribution in [0, 0.1) is 5.92 Å². The van der Waals surface area contributed by atoms with Gasteiger partial charge in [0.2, 0.25) is 3.79 Å². The number of carbonyl (C=O) groups is 2. The van der Waals surface area contributed by atoms with Gasteiger partial charge in [-0.25, -0.2) is 9.59 Å². The Labute approximate surface area is 172 Å². The predicted molar refractivity (Wildman–Crippen MR) is 102 cm³/mol. The number of methoxy groups -OCH3 is 1. The minimum absolute atomic E-state index is 0.129. The molecule has 7 nitrogen and oxygen atoms in total. The number of nitrogens with one attached hydrogen (secondary N) is 1. The molecule has 152 valence electrons. The molecule has 0 aliphatic carbocycles. The van der Waals surface area contributed by atoms with Crippen LogP contribution in [0.3, 0.4) is 0 Å². The molecule has 1 rings (SSSR count). The first-order valence-electron chi connectivity index (χ1n) is 8.10. The second-order valence-corrected chi connectivity index (χ2v) is 8.21. The van der Waals surface area contributed by atoms with E-state index >= 15 is 0 Å². The first-order chi connectivity index (χ1) is 12.7. The number of carbonyl (C=O) groups excluding carboxylic acids is 2. The lowest BCUT2D eigenvalue weighted by Crippen LogP contribution is -2.31. The summed E-state index contributed by atoms with van der Waals surface area (Å²) in [6.07, 6.45) is 6.65. The third kappa shape index (κ3) is 11.0. The molecule has 0 spiro atoms. The third-order valence-corrected chi connectivity index (χ3v) is 3.77. The number of furan rings is 1. The number of hydrogen-bond acceptors (Lipinski definition) is 6. The van der Waals surface area contributed by atoms with Crippen LogP contribution in [0.25, 0.3) is 0 Å². The summed E-state index contributed by atoms with van der Waals surface area (Å²) < 4.78 is 17.5. The third-order valence-electron chi connectivity index (χ3n) is 3.44. The molecule has 0 unspecified atom stereocenters. The number of halogens is 3. The fraction of sp³-hybridized carbons (Fsp3) is 0.529. The zero-order valence-corrected chi connectivity index (χ0v) is 17.2. The summed E-state index contributed by atoms with van der Waals surface area (Å²) in [5, 5.41) is 2.73. The number of allylic oxidation sites excluding steroid dienone is 1. The Balaban J connectivity index is 2.50. The molecule has 0 radical (unpaired) electrons. The normalized spacial score (nSPS) is 13.8. The first kappa shape index (κ1) is 23.5. The molecule has 10 heteroatoms. The van der Waals surface area contributed by atoms with Crippen molar-refractivity contribution in [2.45, 2.75) is 29.6 Å². The van der Waals surface area contributed by atoms with E-state index in [1.54, 1.807) is 18.4 Å². The Kier molecular flexibility index (Phi) is 10.4. The fourth-order valence-corrected chi connectivity index (χ4v) is 2.28. The average Bonchev–Trinajstić information content (AvgIpc) is 3.14. The van der Waals surface area contributed by atoms with Crippen molar-refractivity contribution in [2.24, 2.45) is 5.92 Å². The molecule has 0 saturated heterocycles. The largest absolute Gasteiger partial charge is 0.508 e. The van der Waals surface area contributed by atoms with E-state index in [-0.39, 0.29) is 25.2 Å². The molecule has 0 bridgehead atoms. The zero-order valence-electron chi connectivity index (χ0n) is 15.0. The van der Waals surface area contributed by atoms with Crippen molar-refractivity contribution in [3.8, 4) is 0 Å². The predicted octanol–water partition coefficient (Wildman–Crippen LogP) is 5.17. The molecule has 0 fully saturated rings. The van der Waals surface area contributed by atoms with Crippen LogP contribution in [0.15, 0.2) is 35.2 Å². The molecular formula is C17H22Cl3NO6. The summed E-state index contributed by atoms with van der Waals surface area (Å²) in [6.45, 7) is 1.77. The summed E-state index contributed by atoms with van der Waals surface area (Å²) >= 11 is 16.7. The van der Waals surface area contributed by atoms with Crippen molar-refractivity contribution >= 4 is 47.1 Å². The van der Waals surface area contributed by atoms with Crippen LogP contribution in [0.4, 0.5) is 9.59 Å². The van der Waals surface area contributed by atoms with Gasteiger partial charge in [-0.3, -0.25) is 0 Å². The van der Waals surface area contributed by atoms with Gasteiger partial charge in [-0.1, -0.05) is 53.9 Å². The van der Waals surface area contributed by atoms with E-state index in [2.05, 4.69) is 10.1 Å².